The zero-order chi connectivity index (χ0) is 21.4. The fourth-order valence-corrected chi connectivity index (χ4v) is 4.62. The Morgan fingerprint density at radius 1 is 1.07 bits per heavy atom. The van der Waals surface area contributed by atoms with E-state index in [4.69, 9.17) is 0 Å². The number of hydrogen-bond donors (Lipinski definition) is 3. The van der Waals surface area contributed by atoms with Crippen molar-refractivity contribution in [3.05, 3.63) is 64.3 Å². The molecular formula is C24H29N3O3. The highest BCUT2D eigenvalue weighted by Gasteiger charge is 2.27. The van der Waals surface area contributed by atoms with Gasteiger partial charge in [-0.25, -0.2) is 4.79 Å². The van der Waals surface area contributed by atoms with Crippen LogP contribution in [-0.2, 0) is 6.42 Å². The summed E-state index contributed by atoms with van der Waals surface area (Å²) in [4.78, 5) is 19.2. The van der Waals surface area contributed by atoms with Crippen LogP contribution in [0.2, 0.25) is 0 Å². The average molecular weight is 408 g/mol. The van der Waals surface area contributed by atoms with Crippen LogP contribution in [0.15, 0.2) is 36.4 Å². The molecule has 4 rings (SSSR count). The minimum absolute atomic E-state index is 0.170. The lowest BCUT2D eigenvalue weighted by Gasteiger charge is -2.39. The summed E-state index contributed by atoms with van der Waals surface area (Å²) in [5.41, 5.74) is 6.52. The van der Waals surface area contributed by atoms with Crippen LogP contribution in [0.5, 0.6) is 0 Å². The van der Waals surface area contributed by atoms with Gasteiger partial charge in [0.05, 0.1) is 0 Å². The fourth-order valence-electron chi connectivity index (χ4n) is 4.62. The number of piperazine rings is 1. The van der Waals surface area contributed by atoms with Crippen molar-refractivity contribution in [2.75, 3.05) is 31.1 Å². The van der Waals surface area contributed by atoms with Gasteiger partial charge in [0, 0.05) is 49.2 Å². The highest BCUT2D eigenvalue weighted by atomic mass is 16.4. The number of anilines is 1. The molecular weight excluding hydrogens is 378 g/mol. The number of aromatic amines is 1. The first kappa shape index (κ1) is 20.4. The zero-order valence-electron chi connectivity index (χ0n) is 17.8. The Bertz CT molecular complexity index is 1060. The monoisotopic (exact) mass is 407 g/mol. The van der Waals surface area contributed by atoms with Crippen LogP contribution in [0.3, 0.4) is 0 Å². The first-order valence-corrected chi connectivity index (χ1v) is 10.4. The molecule has 1 fully saturated rings. The zero-order valence-corrected chi connectivity index (χ0v) is 17.8. The molecule has 2 aromatic carbocycles. The maximum Gasteiger partial charge on any atom is 0.352 e. The van der Waals surface area contributed by atoms with Crippen LogP contribution in [-0.4, -0.2) is 58.5 Å². The number of aliphatic hydroxyl groups excluding tert-OH is 1. The van der Waals surface area contributed by atoms with Crippen molar-refractivity contribution in [1.29, 1.82) is 0 Å². The van der Waals surface area contributed by atoms with E-state index >= 15 is 0 Å². The molecule has 0 aliphatic carbocycles. The molecule has 1 unspecified atom stereocenters. The molecule has 6 heteroatoms. The second-order valence-electron chi connectivity index (χ2n) is 8.28. The number of nitrogens with zero attached hydrogens (tertiary/aromatic N) is 2. The second-order valence-corrected chi connectivity index (χ2v) is 8.28. The lowest BCUT2D eigenvalue weighted by atomic mass is 10.0. The molecule has 158 valence electrons. The second kappa shape index (κ2) is 8.13. The molecule has 1 saturated heterocycles. The molecule has 6 nitrogen and oxygen atoms in total. The predicted molar refractivity (Wildman–Crippen MR) is 119 cm³/mol. The highest BCUT2D eigenvalue weighted by molar-refractivity contribution is 5.97. The molecule has 1 aromatic heterocycles. The number of carboxylic acids is 1. The molecule has 3 N–H and O–H groups in total. The van der Waals surface area contributed by atoms with E-state index in [0.717, 1.165) is 42.6 Å². The summed E-state index contributed by atoms with van der Waals surface area (Å²) in [7, 11) is 0. The Hall–Kier alpha value is -2.83. The third-order valence-electron chi connectivity index (χ3n) is 6.15. The Kier molecular flexibility index (Phi) is 5.54. The van der Waals surface area contributed by atoms with E-state index < -0.39 is 12.2 Å². The molecule has 30 heavy (non-hydrogen) atoms. The molecule has 1 aliphatic heterocycles. The third-order valence-corrected chi connectivity index (χ3v) is 6.15. The normalized spacial score (nSPS) is 16.2. The minimum atomic E-state index is -0.995. The van der Waals surface area contributed by atoms with Gasteiger partial charge in [-0.2, -0.15) is 0 Å². The fraction of sp³-hybridized carbons (Fsp3) is 0.375. The molecule has 0 radical (unpaired) electrons. The van der Waals surface area contributed by atoms with Crippen molar-refractivity contribution >= 4 is 22.6 Å². The van der Waals surface area contributed by atoms with E-state index in [1.54, 1.807) is 0 Å². The number of fused-ring (bicyclic) bond motifs is 1. The van der Waals surface area contributed by atoms with Crippen LogP contribution in [0, 0.1) is 20.8 Å². The van der Waals surface area contributed by atoms with Crippen molar-refractivity contribution in [2.45, 2.75) is 33.4 Å². The number of rotatable bonds is 5. The van der Waals surface area contributed by atoms with Gasteiger partial charge in [-0.15, -0.1) is 0 Å². The summed E-state index contributed by atoms with van der Waals surface area (Å²) in [6.45, 7) is 9.40. The highest BCUT2D eigenvalue weighted by Crippen LogP contribution is 2.28. The van der Waals surface area contributed by atoms with E-state index in [1.165, 1.54) is 16.8 Å². The van der Waals surface area contributed by atoms with Gasteiger partial charge in [0.1, 0.15) is 11.9 Å². The van der Waals surface area contributed by atoms with Gasteiger partial charge in [0.25, 0.3) is 0 Å². The van der Waals surface area contributed by atoms with Gasteiger partial charge in [0.15, 0.2) is 0 Å². The van der Waals surface area contributed by atoms with Crippen molar-refractivity contribution in [1.82, 2.24) is 9.88 Å². The molecule has 1 aliphatic rings. The molecule has 0 amide bonds. The summed E-state index contributed by atoms with van der Waals surface area (Å²) < 4.78 is 0. The van der Waals surface area contributed by atoms with Gasteiger partial charge in [0.2, 0.25) is 0 Å². The average Bonchev–Trinajstić information content (AvgIpc) is 3.06. The summed E-state index contributed by atoms with van der Waals surface area (Å²) >= 11 is 0. The van der Waals surface area contributed by atoms with Crippen molar-refractivity contribution in [3.8, 4) is 0 Å². The number of hydrogen-bond acceptors (Lipinski definition) is 4. The number of carboxylic acid groups (broad SMARTS) is 1. The number of benzene rings is 2. The van der Waals surface area contributed by atoms with Gasteiger partial charge in [-0.1, -0.05) is 29.8 Å². The maximum absolute atomic E-state index is 11.8. The van der Waals surface area contributed by atoms with E-state index in [0.29, 0.717) is 5.56 Å². The number of para-hydroxylation sites is 1. The molecule has 0 saturated carbocycles. The van der Waals surface area contributed by atoms with Gasteiger partial charge in [-0.05, 0) is 49.6 Å². The van der Waals surface area contributed by atoms with Gasteiger partial charge in [-0.3, -0.25) is 4.90 Å². The van der Waals surface area contributed by atoms with E-state index in [1.807, 2.05) is 30.0 Å². The lowest BCUT2D eigenvalue weighted by Crippen LogP contribution is -2.51. The number of aliphatic hydroxyl groups is 1. The third kappa shape index (κ3) is 3.80. The maximum atomic E-state index is 11.8. The largest absolute Gasteiger partial charge is 0.477 e. The summed E-state index contributed by atoms with van der Waals surface area (Å²) in [6.07, 6.45) is -0.434. The summed E-state index contributed by atoms with van der Waals surface area (Å²) in [5, 5.41) is 21.5. The Morgan fingerprint density at radius 3 is 2.37 bits per heavy atom. The van der Waals surface area contributed by atoms with Crippen molar-refractivity contribution < 1.29 is 15.0 Å². The quantitative estimate of drug-likeness (QED) is 0.604. The summed E-state index contributed by atoms with van der Waals surface area (Å²) in [6, 6.07) is 12.2. The first-order chi connectivity index (χ1) is 14.3. The molecule has 0 spiro atoms. The van der Waals surface area contributed by atoms with Crippen LogP contribution < -0.4 is 4.90 Å². The minimum Gasteiger partial charge on any atom is -0.477 e. The van der Waals surface area contributed by atoms with Crippen molar-refractivity contribution in [2.24, 2.45) is 0 Å². The number of H-pyrrole nitrogens is 1. The van der Waals surface area contributed by atoms with E-state index in [2.05, 4.69) is 41.9 Å². The van der Waals surface area contributed by atoms with E-state index in [9.17, 15) is 15.0 Å². The first-order valence-electron chi connectivity index (χ1n) is 10.4. The van der Waals surface area contributed by atoms with Crippen LogP contribution in [0.4, 0.5) is 5.69 Å². The van der Waals surface area contributed by atoms with Crippen LogP contribution in [0.1, 0.15) is 32.7 Å². The molecule has 1 atom stereocenters. The Morgan fingerprint density at radius 2 is 1.73 bits per heavy atom. The van der Waals surface area contributed by atoms with Gasteiger partial charge < -0.3 is 20.1 Å². The Labute approximate surface area is 176 Å². The number of aromatic nitrogens is 1. The lowest BCUT2D eigenvalue weighted by molar-refractivity contribution is 0.00115. The molecule has 2 heterocycles. The predicted octanol–water partition coefficient (Wildman–Crippen LogP) is 3.47. The molecule has 3 aromatic rings. The smallest absolute Gasteiger partial charge is 0.352 e. The standard InChI is InChI=1S/C24H29N3O3/c1-15-7-8-20-18(13-15)19(22(25-20)24(29)30)14-21(28)26-9-11-27(12-10-26)23-16(2)5-4-6-17(23)3/h4-8,13,21,25,28H,9-12,14H2,1-3H3,(H,29,30). The number of aryl methyl sites for hydroxylation is 3. The Balaban J connectivity index is 1.51. The summed E-state index contributed by atoms with van der Waals surface area (Å²) in [5.74, 6) is -0.995. The van der Waals surface area contributed by atoms with Crippen LogP contribution in [0.25, 0.3) is 10.9 Å². The molecule has 0 bridgehead atoms. The number of nitrogens with one attached hydrogen (secondary N) is 1. The topological polar surface area (TPSA) is 79.8 Å². The van der Waals surface area contributed by atoms with Crippen LogP contribution >= 0.6 is 0 Å². The SMILES string of the molecule is Cc1ccc2[nH]c(C(=O)O)c(CC(O)N3CCN(c4c(C)cccc4C)CC3)c2c1. The number of carbonyl (C=O) groups is 1. The number of aromatic carboxylic acids is 1. The van der Waals surface area contributed by atoms with Crippen molar-refractivity contribution in [3.63, 3.8) is 0 Å². The van der Waals surface area contributed by atoms with Gasteiger partial charge >= 0.3 is 5.97 Å². The van der Waals surface area contributed by atoms with E-state index in [-0.39, 0.29) is 12.1 Å².